The highest BCUT2D eigenvalue weighted by Crippen LogP contribution is 2.28. The summed E-state index contributed by atoms with van der Waals surface area (Å²) in [6.45, 7) is 4.02. The van der Waals surface area contributed by atoms with E-state index in [2.05, 4.69) is 10.1 Å². The van der Waals surface area contributed by atoms with E-state index in [1.165, 1.54) is 0 Å². The molecule has 0 bridgehead atoms. The summed E-state index contributed by atoms with van der Waals surface area (Å²) >= 11 is 1.58. The topological polar surface area (TPSA) is 47.8 Å². The van der Waals surface area contributed by atoms with E-state index < -0.39 is 0 Å². The standard InChI is InChI=1S/C13H15N3OS/c1-3-9-12-10(5-4-6-11(12)17)16(15-9)13-14-8(2)7-18-13/h7H,3-6H2,1-2H3. The van der Waals surface area contributed by atoms with Crippen molar-refractivity contribution in [2.24, 2.45) is 0 Å². The molecule has 2 aromatic rings. The number of carbonyl (C=O) groups excluding carboxylic acids is 1. The molecular weight excluding hydrogens is 246 g/mol. The number of Topliss-reactive ketones (excluding diaryl/α,β-unsaturated/α-hetero) is 1. The molecule has 2 heterocycles. The molecule has 1 aliphatic carbocycles. The molecular formula is C13H15N3OS. The maximum atomic E-state index is 12.0. The lowest BCUT2D eigenvalue weighted by molar-refractivity contribution is 0.0971. The second kappa shape index (κ2) is 4.31. The first-order valence-corrected chi connectivity index (χ1v) is 7.15. The molecule has 0 saturated carbocycles. The van der Waals surface area contributed by atoms with Crippen LogP contribution in [0.25, 0.3) is 5.13 Å². The first kappa shape index (κ1) is 11.6. The fourth-order valence-electron chi connectivity index (χ4n) is 2.44. The Morgan fingerprint density at radius 3 is 2.94 bits per heavy atom. The summed E-state index contributed by atoms with van der Waals surface area (Å²) in [5, 5.41) is 7.47. The number of rotatable bonds is 2. The lowest BCUT2D eigenvalue weighted by Crippen LogP contribution is -2.13. The minimum absolute atomic E-state index is 0.243. The average molecular weight is 261 g/mol. The summed E-state index contributed by atoms with van der Waals surface area (Å²) in [7, 11) is 0. The Labute approximate surface area is 110 Å². The van der Waals surface area contributed by atoms with Gasteiger partial charge >= 0.3 is 0 Å². The van der Waals surface area contributed by atoms with E-state index in [9.17, 15) is 4.79 Å². The highest BCUT2D eigenvalue weighted by Gasteiger charge is 2.27. The largest absolute Gasteiger partial charge is 0.294 e. The summed E-state index contributed by atoms with van der Waals surface area (Å²) < 4.78 is 1.88. The molecule has 94 valence electrons. The normalized spacial score (nSPS) is 14.9. The Morgan fingerprint density at radius 2 is 2.28 bits per heavy atom. The number of aryl methyl sites for hydroxylation is 2. The fraction of sp³-hybridized carbons (Fsp3) is 0.462. The van der Waals surface area contributed by atoms with Gasteiger partial charge in [0.2, 0.25) is 5.13 Å². The molecule has 0 spiro atoms. The maximum absolute atomic E-state index is 12.0. The van der Waals surface area contributed by atoms with Gasteiger partial charge < -0.3 is 0 Å². The Balaban J connectivity index is 2.19. The molecule has 0 aromatic carbocycles. The van der Waals surface area contributed by atoms with Crippen molar-refractivity contribution in [3.05, 3.63) is 28.0 Å². The number of fused-ring (bicyclic) bond motifs is 1. The first-order valence-electron chi connectivity index (χ1n) is 6.27. The molecule has 4 nitrogen and oxygen atoms in total. The monoisotopic (exact) mass is 261 g/mol. The Bertz CT molecular complexity index is 612. The van der Waals surface area contributed by atoms with Crippen LogP contribution >= 0.6 is 11.3 Å². The summed E-state index contributed by atoms with van der Waals surface area (Å²) in [6.07, 6.45) is 3.30. The average Bonchev–Trinajstić information content (AvgIpc) is 2.93. The predicted molar refractivity (Wildman–Crippen MR) is 70.6 cm³/mol. The fourth-order valence-corrected chi connectivity index (χ4v) is 3.22. The SMILES string of the molecule is CCc1nn(-c2nc(C)cs2)c2c1C(=O)CCC2. The van der Waals surface area contributed by atoms with Crippen molar-refractivity contribution in [3.63, 3.8) is 0 Å². The number of hydrogen-bond donors (Lipinski definition) is 0. The molecule has 0 aliphatic heterocycles. The highest BCUT2D eigenvalue weighted by molar-refractivity contribution is 7.12. The van der Waals surface area contributed by atoms with Gasteiger partial charge in [0.1, 0.15) is 0 Å². The molecule has 0 unspecified atom stereocenters. The molecule has 1 aliphatic rings. The van der Waals surface area contributed by atoms with Crippen LogP contribution in [0.3, 0.4) is 0 Å². The molecule has 2 aromatic heterocycles. The van der Waals surface area contributed by atoms with Crippen molar-refractivity contribution in [1.82, 2.24) is 14.8 Å². The van der Waals surface area contributed by atoms with E-state index in [0.29, 0.717) is 6.42 Å². The smallest absolute Gasteiger partial charge is 0.210 e. The summed E-state index contributed by atoms with van der Waals surface area (Å²) in [5.74, 6) is 0.243. The van der Waals surface area contributed by atoms with Crippen molar-refractivity contribution < 1.29 is 4.79 Å². The minimum Gasteiger partial charge on any atom is -0.294 e. The van der Waals surface area contributed by atoms with Crippen LogP contribution in [-0.2, 0) is 12.8 Å². The van der Waals surface area contributed by atoms with Crippen molar-refractivity contribution in [2.45, 2.75) is 39.5 Å². The van der Waals surface area contributed by atoms with Crippen LogP contribution < -0.4 is 0 Å². The van der Waals surface area contributed by atoms with Gasteiger partial charge in [-0.05, 0) is 26.2 Å². The molecule has 0 atom stereocenters. The number of ketones is 1. The second-order valence-electron chi connectivity index (χ2n) is 4.58. The third-order valence-corrected chi connectivity index (χ3v) is 4.21. The van der Waals surface area contributed by atoms with Gasteiger partial charge in [-0.1, -0.05) is 6.92 Å². The quantitative estimate of drug-likeness (QED) is 0.835. The second-order valence-corrected chi connectivity index (χ2v) is 5.42. The van der Waals surface area contributed by atoms with Gasteiger partial charge in [-0.3, -0.25) is 4.79 Å². The van der Waals surface area contributed by atoms with Crippen LogP contribution in [-0.4, -0.2) is 20.5 Å². The number of carbonyl (C=O) groups is 1. The molecule has 18 heavy (non-hydrogen) atoms. The predicted octanol–water partition coefficient (Wildman–Crippen LogP) is 2.72. The minimum atomic E-state index is 0.243. The number of thiazole rings is 1. The number of nitrogens with zero attached hydrogens (tertiary/aromatic N) is 3. The summed E-state index contributed by atoms with van der Waals surface area (Å²) in [4.78, 5) is 16.5. The van der Waals surface area contributed by atoms with Gasteiger partial charge in [0.25, 0.3) is 0 Å². The lowest BCUT2D eigenvalue weighted by Gasteiger charge is -2.11. The van der Waals surface area contributed by atoms with E-state index >= 15 is 0 Å². The van der Waals surface area contributed by atoms with Crippen molar-refractivity contribution >= 4 is 17.1 Å². The molecule has 0 amide bonds. The van der Waals surface area contributed by atoms with Crippen LogP contribution in [0.4, 0.5) is 0 Å². The molecule has 0 saturated heterocycles. The van der Waals surface area contributed by atoms with E-state index in [1.54, 1.807) is 11.3 Å². The van der Waals surface area contributed by atoms with Crippen molar-refractivity contribution in [3.8, 4) is 5.13 Å². The zero-order valence-corrected chi connectivity index (χ0v) is 11.4. The van der Waals surface area contributed by atoms with Crippen LogP contribution in [0.15, 0.2) is 5.38 Å². The number of aromatic nitrogens is 3. The Kier molecular flexibility index (Phi) is 2.78. The zero-order chi connectivity index (χ0) is 12.7. The molecule has 3 rings (SSSR count). The van der Waals surface area contributed by atoms with E-state index in [0.717, 1.165) is 47.0 Å². The van der Waals surface area contributed by atoms with Crippen LogP contribution in [0.1, 0.15) is 47.2 Å². The Morgan fingerprint density at radius 1 is 1.44 bits per heavy atom. The maximum Gasteiger partial charge on any atom is 0.210 e. The van der Waals surface area contributed by atoms with Crippen molar-refractivity contribution in [1.29, 1.82) is 0 Å². The van der Waals surface area contributed by atoms with Crippen LogP contribution in [0.5, 0.6) is 0 Å². The third-order valence-electron chi connectivity index (χ3n) is 3.27. The molecule has 0 radical (unpaired) electrons. The molecule has 5 heteroatoms. The van der Waals surface area contributed by atoms with Crippen LogP contribution in [0, 0.1) is 6.92 Å². The van der Waals surface area contributed by atoms with Crippen molar-refractivity contribution in [2.75, 3.05) is 0 Å². The summed E-state index contributed by atoms with van der Waals surface area (Å²) in [5.41, 5.74) is 3.83. The lowest BCUT2D eigenvalue weighted by atomic mass is 9.94. The van der Waals surface area contributed by atoms with Gasteiger partial charge in [0, 0.05) is 11.8 Å². The van der Waals surface area contributed by atoms with E-state index in [1.807, 2.05) is 23.9 Å². The molecule has 0 N–H and O–H groups in total. The van der Waals surface area contributed by atoms with E-state index in [-0.39, 0.29) is 5.78 Å². The molecule has 0 fully saturated rings. The van der Waals surface area contributed by atoms with Crippen LogP contribution in [0.2, 0.25) is 0 Å². The first-order chi connectivity index (χ1) is 8.70. The van der Waals surface area contributed by atoms with Gasteiger partial charge in [-0.25, -0.2) is 9.67 Å². The highest BCUT2D eigenvalue weighted by atomic mass is 32.1. The zero-order valence-electron chi connectivity index (χ0n) is 10.6. The van der Waals surface area contributed by atoms with Gasteiger partial charge in [-0.15, -0.1) is 11.3 Å². The van der Waals surface area contributed by atoms with Gasteiger partial charge in [0.05, 0.1) is 22.6 Å². The van der Waals surface area contributed by atoms with Gasteiger partial charge in [-0.2, -0.15) is 5.10 Å². The van der Waals surface area contributed by atoms with Gasteiger partial charge in [0.15, 0.2) is 5.78 Å². The summed E-state index contributed by atoms with van der Waals surface area (Å²) in [6, 6.07) is 0. The third kappa shape index (κ3) is 1.70. The number of hydrogen-bond acceptors (Lipinski definition) is 4. The van der Waals surface area contributed by atoms with E-state index in [4.69, 9.17) is 0 Å². The Hall–Kier alpha value is -1.49.